The fourth-order valence-electron chi connectivity index (χ4n) is 1.73. The highest BCUT2D eigenvalue weighted by molar-refractivity contribution is 5.63. The Morgan fingerprint density at radius 2 is 2.22 bits per heavy atom. The summed E-state index contributed by atoms with van der Waals surface area (Å²) in [5.74, 6) is 1.40. The van der Waals surface area contributed by atoms with Crippen molar-refractivity contribution in [2.45, 2.75) is 6.42 Å². The van der Waals surface area contributed by atoms with Crippen molar-refractivity contribution in [2.75, 3.05) is 13.7 Å². The van der Waals surface area contributed by atoms with E-state index in [2.05, 4.69) is 10.1 Å². The van der Waals surface area contributed by atoms with Gasteiger partial charge in [-0.25, -0.2) is 9.37 Å². The lowest BCUT2D eigenvalue weighted by Gasteiger charge is -2.04. The Morgan fingerprint density at radius 1 is 1.44 bits per heavy atom. The first-order chi connectivity index (χ1) is 8.65. The third-order valence-electron chi connectivity index (χ3n) is 2.62. The normalized spacial score (nSPS) is 10.7. The van der Waals surface area contributed by atoms with Crippen LogP contribution < -0.4 is 10.5 Å². The van der Waals surface area contributed by atoms with Crippen LogP contribution in [0.3, 0.4) is 0 Å². The van der Waals surface area contributed by atoms with Crippen LogP contribution in [0.2, 0.25) is 0 Å². The monoisotopic (exact) mass is 250 g/mol. The molecular weight excluding hydrogens is 235 g/mol. The summed E-state index contributed by atoms with van der Waals surface area (Å²) in [6.07, 6.45) is 0.626. The van der Waals surface area contributed by atoms with Gasteiger partial charge in [-0.05, 0) is 24.7 Å². The first-order valence-corrected chi connectivity index (χ1v) is 5.59. The highest BCUT2D eigenvalue weighted by Crippen LogP contribution is 2.28. The SMILES string of the molecule is COc1ccc(F)cc1-c1nc(CCN)n(C)n1. The summed E-state index contributed by atoms with van der Waals surface area (Å²) in [5, 5.41) is 4.25. The molecule has 0 fully saturated rings. The van der Waals surface area contributed by atoms with Gasteiger partial charge in [-0.3, -0.25) is 4.68 Å². The largest absolute Gasteiger partial charge is 0.496 e. The van der Waals surface area contributed by atoms with E-state index in [0.29, 0.717) is 30.1 Å². The lowest BCUT2D eigenvalue weighted by atomic mass is 10.2. The van der Waals surface area contributed by atoms with Gasteiger partial charge in [0.05, 0.1) is 12.7 Å². The van der Waals surface area contributed by atoms with E-state index in [-0.39, 0.29) is 5.82 Å². The Labute approximate surface area is 104 Å². The number of nitrogens with zero attached hydrogens (tertiary/aromatic N) is 3. The maximum atomic E-state index is 13.3. The van der Waals surface area contributed by atoms with Crippen LogP contribution in [0, 0.1) is 5.82 Å². The van der Waals surface area contributed by atoms with Gasteiger partial charge in [-0.2, -0.15) is 5.10 Å². The van der Waals surface area contributed by atoms with Gasteiger partial charge in [0.15, 0.2) is 5.82 Å². The van der Waals surface area contributed by atoms with Crippen molar-refractivity contribution >= 4 is 0 Å². The second kappa shape index (κ2) is 5.14. The number of aromatic nitrogens is 3. The summed E-state index contributed by atoms with van der Waals surface area (Å²) in [5.41, 5.74) is 6.03. The van der Waals surface area contributed by atoms with Gasteiger partial charge in [0.1, 0.15) is 17.4 Å². The minimum atomic E-state index is -0.348. The summed E-state index contributed by atoms with van der Waals surface area (Å²) in [4.78, 5) is 4.34. The number of hydrogen-bond acceptors (Lipinski definition) is 4. The van der Waals surface area contributed by atoms with Crippen LogP contribution in [0.1, 0.15) is 5.82 Å². The number of aryl methyl sites for hydroxylation is 1. The zero-order valence-electron chi connectivity index (χ0n) is 10.4. The van der Waals surface area contributed by atoms with Crippen molar-refractivity contribution in [1.82, 2.24) is 14.8 Å². The number of rotatable bonds is 4. The Bertz CT molecular complexity index is 553. The maximum absolute atomic E-state index is 13.3. The molecule has 2 N–H and O–H groups in total. The second-order valence-corrected chi connectivity index (χ2v) is 3.86. The Hall–Kier alpha value is -1.95. The molecule has 1 aromatic heterocycles. The molecule has 0 aliphatic carbocycles. The van der Waals surface area contributed by atoms with E-state index in [1.165, 1.54) is 19.2 Å². The van der Waals surface area contributed by atoms with Crippen molar-refractivity contribution in [3.8, 4) is 17.1 Å². The zero-order chi connectivity index (χ0) is 13.1. The second-order valence-electron chi connectivity index (χ2n) is 3.86. The van der Waals surface area contributed by atoms with Crippen LogP contribution in [-0.4, -0.2) is 28.4 Å². The van der Waals surface area contributed by atoms with Gasteiger partial charge in [0, 0.05) is 13.5 Å². The number of benzene rings is 1. The van der Waals surface area contributed by atoms with Gasteiger partial charge >= 0.3 is 0 Å². The molecular formula is C12H15FN4O. The van der Waals surface area contributed by atoms with Crippen LogP contribution in [0.4, 0.5) is 4.39 Å². The highest BCUT2D eigenvalue weighted by Gasteiger charge is 2.14. The summed E-state index contributed by atoms with van der Waals surface area (Å²) < 4.78 is 20.1. The molecule has 6 heteroatoms. The molecule has 1 aromatic carbocycles. The summed E-state index contributed by atoms with van der Waals surface area (Å²) in [6, 6.07) is 4.26. The molecule has 0 bridgehead atoms. The zero-order valence-corrected chi connectivity index (χ0v) is 10.4. The van der Waals surface area contributed by atoms with Gasteiger partial charge < -0.3 is 10.5 Å². The molecule has 0 unspecified atom stereocenters. The average Bonchev–Trinajstić information content (AvgIpc) is 2.71. The molecule has 0 amide bonds. The first-order valence-electron chi connectivity index (χ1n) is 5.59. The molecule has 5 nitrogen and oxygen atoms in total. The molecule has 96 valence electrons. The van der Waals surface area contributed by atoms with E-state index in [9.17, 15) is 4.39 Å². The number of ether oxygens (including phenoxy) is 1. The van der Waals surface area contributed by atoms with Crippen LogP contribution in [0.5, 0.6) is 5.75 Å². The number of halogens is 1. The quantitative estimate of drug-likeness (QED) is 0.883. The lowest BCUT2D eigenvalue weighted by molar-refractivity contribution is 0.415. The molecule has 0 aliphatic heterocycles. The molecule has 0 saturated carbocycles. The Kier molecular flexibility index (Phi) is 3.57. The first kappa shape index (κ1) is 12.5. The van der Waals surface area contributed by atoms with Gasteiger partial charge in [0.25, 0.3) is 0 Å². The van der Waals surface area contributed by atoms with E-state index >= 15 is 0 Å². The van der Waals surface area contributed by atoms with Crippen LogP contribution in [0.25, 0.3) is 11.4 Å². The molecule has 0 radical (unpaired) electrons. The fourth-order valence-corrected chi connectivity index (χ4v) is 1.73. The van der Waals surface area contributed by atoms with Crippen molar-refractivity contribution in [2.24, 2.45) is 12.8 Å². The maximum Gasteiger partial charge on any atom is 0.185 e. The average molecular weight is 250 g/mol. The topological polar surface area (TPSA) is 66.0 Å². The van der Waals surface area contributed by atoms with Crippen molar-refractivity contribution < 1.29 is 9.13 Å². The van der Waals surface area contributed by atoms with E-state index in [4.69, 9.17) is 10.5 Å². The van der Waals surface area contributed by atoms with E-state index < -0.39 is 0 Å². The van der Waals surface area contributed by atoms with Crippen LogP contribution in [0.15, 0.2) is 18.2 Å². The summed E-state index contributed by atoms with van der Waals surface area (Å²) >= 11 is 0. The molecule has 1 heterocycles. The predicted molar refractivity (Wildman–Crippen MR) is 65.7 cm³/mol. The summed E-state index contributed by atoms with van der Waals surface area (Å²) in [6.45, 7) is 0.492. The molecule has 18 heavy (non-hydrogen) atoms. The van der Waals surface area contributed by atoms with Gasteiger partial charge in [0.2, 0.25) is 0 Å². The number of nitrogens with two attached hydrogens (primary N) is 1. The van der Waals surface area contributed by atoms with E-state index in [0.717, 1.165) is 5.82 Å². The molecule has 0 atom stereocenters. The van der Waals surface area contributed by atoms with Crippen molar-refractivity contribution in [3.63, 3.8) is 0 Å². The molecule has 0 spiro atoms. The Morgan fingerprint density at radius 3 is 2.89 bits per heavy atom. The van der Waals surface area contributed by atoms with E-state index in [1.807, 2.05) is 0 Å². The standard InChI is InChI=1S/C12H15FN4O/c1-17-11(5-6-14)15-12(16-17)9-7-8(13)3-4-10(9)18-2/h3-4,7H,5-6,14H2,1-2H3. The summed E-state index contributed by atoms with van der Waals surface area (Å²) in [7, 11) is 3.31. The Balaban J connectivity index is 2.47. The molecule has 2 rings (SSSR count). The van der Waals surface area contributed by atoms with Crippen molar-refractivity contribution in [1.29, 1.82) is 0 Å². The number of methoxy groups -OCH3 is 1. The lowest BCUT2D eigenvalue weighted by Crippen LogP contribution is -2.08. The molecule has 2 aromatic rings. The van der Waals surface area contributed by atoms with Crippen molar-refractivity contribution in [3.05, 3.63) is 29.8 Å². The smallest absolute Gasteiger partial charge is 0.185 e. The minimum absolute atomic E-state index is 0.348. The van der Waals surface area contributed by atoms with Gasteiger partial charge in [-0.1, -0.05) is 0 Å². The van der Waals surface area contributed by atoms with Crippen LogP contribution >= 0.6 is 0 Å². The fraction of sp³-hybridized carbons (Fsp3) is 0.333. The van der Waals surface area contributed by atoms with Crippen LogP contribution in [-0.2, 0) is 13.5 Å². The third-order valence-corrected chi connectivity index (χ3v) is 2.62. The molecule has 0 aliphatic rings. The number of hydrogen-bond donors (Lipinski definition) is 1. The minimum Gasteiger partial charge on any atom is -0.496 e. The van der Waals surface area contributed by atoms with Gasteiger partial charge in [-0.15, -0.1) is 0 Å². The predicted octanol–water partition coefficient (Wildman–Crippen LogP) is 1.13. The third kappa shape index (κ3) is 2.33. The molecule has 0 saturated heterocycles. The van der Waals surface area contributed by atoms with E-state index in [1.54, 1.807) is 17.8 Å². The highest BCUT2D eigenvalue weighted by atomic mass is 19.1.